The van der Waals surface area contributed by atoms with Gasteiger partial charge >= 0.3 is 11.9 Å². The highest BCUT2D eigenvalue weighted by Gasteiger charge is 2.36. The van der Waals surface area contributed by atoms with Crippen LogP contribution in [-0.2, 0) is 14.3 Å². The van der Waals surface area contributed by atoms with Gasteiger partial charge in [0.15, 0.2) is 12.4 Å². The van der Waals surface area contributed by atoms with E-state index in [-0.39, 0.29) is 24.6 Å². The van der Waals surface area contributed by atoms with Crippen LogP contribution in [0.3, 0.4) is 0 Å². The van der Waals surface area contributed by atoms with Gasteiger partial charge in [-0.3, -0.25) is 14.4 Å². The molecule has 4 rings (SSSR count). The van der Waals surface area contributed by atoms with E-state index < -0.39 is 30.2 Å². The molecule has 178 valence electrons. The first kappa shape index (κ1) is 24.2. The molecule has 1 saturated heterocycles. The number of carbonyl (C=O) groups excluding carboxylic acids is 4. The number of hydrogen-bond acceptors (Lipinski definition) is 6. The number of rotatable bonds is 7. The predicted octanol–water partition coefficient (Wildman–Crippen LogP) is 4.65. The number of hydrogen-bond donors (Lipinski definition) is 0. The molecular formula is C27H22ClNO6. The zero-order chi connectivity index (χ0) is 24.9. The summed E-state index contributed by atoms with van der Waals surface area (Å²) < 4.78 is 10.5. The van der Waals surface area contributed by atoms with Gasteiger partial charge in [-0.05, 0) is 67.6 Å². The first-order valence-corrected chi connectivity index (χ1v) is 11.3. The van der Waals surface area contributed by atoms with Gasteiger partial charge in [0.05, 0.1) is 11.5 Å². The van der Waals surface area contributed by atoms with Crippen molar-refractivity contribution in [1.29, 1.82) is 0 Å². The van der Waals surface area contributed by atoms with E-state index in [0.717, 1.165) is 5.56 Å². The van der Waals surface area contributed by atoms with Gasteiger partial charge in [0.25, 0.3) is 0 Å². The third kappa shape index (κ3) is 5.94. The Morgan fingerprint density at radius 1 is 0.914 bits per heavy atom. The van der Waals surface area contributed by atoms with Gasteiger partial charge in [0, 0.05) is 29.2 Å². The highest BCUT2D eigenvalue weighted by atomic mass is 35.5. The monoisotopic (exact) mass is 491 g/mol. The molecule has 1 amide bonds. The fourth-order valence-corrected chi connectivity index (χ4v) is 3.76. The molecule has 3 aromatic carbocycles. The molecule has 0 unspecified atom stereocenters. The normalized spacial score (nSPS) is 15.1. The maximum Gasteiger partial charge on any atom is 0.343 e. The molecule has 0 aliphatic carbocycles. The lowest BCUT2D eigenvalue weighted by molar-refractivity contribution is -0.147. The second-order valence-corrected chi connectivity index (χ2v) is 8.63. The summed E-state index contributed by atoms with van der Waals surface area (Å²) in [7, 11) is 0. The third-order valence-corrected chi connectivity index (χ3v) is 5.87. The first-order valence-electron chi connectivity index (χ1n) is 10.9. The number of halogens is 1. The van der Waals surface area contributed by atoms with E-state index in [1.807, 2.05) is 19.1 Å². The van der Waals surface area contributed by atoms with Gasteiger partial charge in [0.2, 0.25) is 5.91 Å². The molecule has 0 spiro atoms. The van der Waals surface area contributed by atoms with Gasteiger partial charge in [-0.15, -0.1) is 0 Å². The van der Waals surface area contributed by atoms with E-state index in [4.69, 9.17) is 21.1 Å². The van der Waals surface area contributed by atoms with Crippen LogP contribution in [0.4, 0.5) is 5.69 Å². The highest BCUT2D eigenvalue weighted by molar-refractivity contribution is 6.30. The Labute approximate surface area is 207 Å². The lowest BCUT2D eigenvalue weighted by atomic mass is 10.1. The maximum absolute atomic E-state index is 12.5. The van der Waals surface area contributed by atoms with Crippen molar-refractivity contribution < 1.29 is 28.7 Å². The fourth-order valence-electron chi connectivity index (χ4n) is 3.64. The first-order chi connectivity index (χ1) is 16.8. The number of ether oxygens (including phenoxy) is 2. The number of anilines is 1. The molecule has 7 nitrogen and oxygen atoms in total. The summed E-state index contributed by atoms with van der Waals surface area (Å²) in [4.78, 5) is 51.0. The Morgan fingerprint density at radius 3 is 2.20 bits per heavy atom. The van der Waals surface area contributed by atoms with Crippen molar-refractivity contribution in [1.82, 2.24) is 0 Å². The quantitative estimate of drug-likeness (QED) is 0.271. The van der Waals surface area contributed by atoms with Crippen molar-refractivity contribution in [2.24, 2.45) is 5.92 Å². The van der Waals surface area contributed by atoms with Gasteiger partial charge in [0.1, 0.15) is 5.75 Å². The van der Waals surface area contributed by atoms with E-state index in [1.165, 1.54) is 29.2 Å². The average Bonchev–Trinajstić information content (AvgIpc) is 3.25. The minimum atomic E-state index is -0.658. The van der Waals surface area contributed by atoms with Gasteiger partial charge in [-0.1, -0.05) is 29.3 Å². The maximum atomic E-state index is 12.5. The fraction of sp³-hybridized carbons (Fsp3) is 0.185. The van der Waals surface area contributed by atoms with Crippen LogP contribution >= 0.6 is 11.6 Å². The zero-order valence-electron chi connectivity index (χ0n) is 18.9. The Balaban J connectivity index is 1.28. The molecule has 1 heterocycles. The molecule has 0 N–H and O–H groups in total. The summed E-state index contributed by atoms with van der Waals surface area (Å²) >= 11 is 5.88. The van der Waals surface area contributed by atoms with Gasteiger partial charge in [-0.25, -0.2) is 4.79 Å². The SMILES string of the molecule is Cc1ccc(C(=O)Oc2ccc(C(=O)COC(=O)[C@H]3CC(=O)N(c4ccc(Cl)cc4)C3)cc2)cc1. The molecule has 0 bridgehead atoms. The summed E-state index contributed by atoms with van der Waals surface area (Å²) in [5.74, 6) is -2.08. The van der Waals surface area contributed by atoms with Gasteiger partial charge < -0.3 is 14.4 Å². The minimum Gasteiger partial charge on any atom is -0.457 e. The van der Waals surface area contributed by atoms with Crippen LogP contribution < -0.4 is 9.64 Å². The second kappa shape index (κ2) is 10.5. The van der Waals surface area contributed by atoms with Crippen LogP contribution in [0.1, 0.15) is 32.7 Å². The lowest BCUT2D eigenvalue weighted by Gasteiger charge is -2.16. The van der Waals surface area contributed by atoms with Crippen LogP contribution in [0.15, 0.2) is 72.8 Å². The summed E-state index contributed by atoms with van der Waals surface area (Å²) in [5.41, 5.74) is 2.40. The Morgan fingerprint density at radius 2 is 1.54 bits per heavy atom. The second-order valence-electron chi connectivity index (χ2n) is 8.19. The number of amides is 1. The number of esters is 2. The van der Waals surface area contributed by atoms with E-state index in [2.05, 4.69) is 0 Å². The number of aryl methyl sites for hydroxylation is 1. The van der Waals surface area contributed by atoms with Crippen LogP contribution in [0.5, 0.6) is 5.75 Å². The van der Waals surface area contributed by atoms with Crippen molar-refractivity contribution in [3.63, 3.8) is 0 Å². The Kier molecular flexibility index (Phi) is 7.27. The summed E-state index contributed by atoms with van der Waals surface area (Å²) in [5, 5.41) is 0.548. The molecular weight excluding hydrogens is 470 g/mol. The predicted molar refractivity (Wildman–Crippen MR) is 130 cm³/mol. The zero-order valence-corrected chi connectivity index (χ0v) is 19.7. The molecule has 35 heavy (non-hydrogen) atoms. The molecule has 0 radical (unpaired) electrons. The van der Waals surface area contributed by atoms with Crippen LogP contribution in [-0.4, -0.2) is 36.8 Å². The highest BCUT2D eigenvalue weighted by Crippen LogP contribution is 2.27. The Bertz CT molecular complexity index is 1250. The van der Waals surface area contributed by atoms with Crippen LogP contribution in [0, 0.1) is 12.8 Å². The number of ketones is 1. The molecule has 3 aromatic rings. The smallest absolute Gasteiger partial charge is 0.343 e. The van der Waals surface area contributed by atoms with Crippen molar-refractivity contribution in [3.05, 3.63) is 94.5 Å². The number of nitrogens with zero attached hydrogens (tertiary/aromatic N) is 1. The molecule has 1 aliphatic heterocycles. The third-order valence-electron chi connectivity index (χ3n) is 5.62. The minimum absolute atomic E-state index is 0.0106. The van der Waals surface area contributed by atoms with E-state index in [9.17, 15) is 19.2 Å². The van der Waals surface area contributed by atoms with Crippen molar-refractivity contribution in [2.75, 3.05) is 18.1 Å². The van der Waals surface area contributed by atoms with Crippen LogP contribution in [0.25, 0.3) is 0 Å². The molecule has 1 fully saturated rings. The molecule has 1 aliphatic rings. The number of benzene rings is 3. The summed E-state index contributed by atoms with van der Waals surface area (Å²) in [6, 6.07) is 19.7. The molecule has 8 heteroatoms. The van der Waals surface area contributed by atoms with Crippen molar-refractivity contribution >= 4 is 40.9 Å². The standard InChI is InChI=1S/C27H22ClNO6/c1-17-2-4-19(5-3-17)27(33)35-23-12-6-18(7-13-23)24(30)16-34-26(32)20-14-25(31)29(15-20)22-10-8-21(28)9-11-22/h2-13,20H,14-16H2,1H3/t20-/m0/s1. The van der Waals surface area contributed by atoms with E-state index in [1.54, 1.807) is 36.4 Å². The average molecular weight is 492 g/mol. The summed E-state index contributed by atoms with van der Waals surface area (Å²) in [6.07, 6.45) is 0.0106. The molecule has 0 saturated carbocycles. The molecule has 1 atom stereocenters. The number of Topliss-reactive ketones (excluding diaryl/α,β-unsaturated/α-hetero) is 1. The Hall–Kier alpha value is -3.97. The lowest BCUT2D eigenvalue weighted by Crippen LogP contribution is -2.27. The van der Waals surface area contributed by atoms with Crippen LogP contribution in [0.2, 0.25) is 5.02 Å². The largest absolute Gasteiger partial charge is 0.457 e. The number of carbonyl (C=O) groups is 4. The van der Waals surface area contributed by atoms with Crippen molar-refractivity contribution in [3.8, 4) is 5.75 Å². The van der Waals surface area contributed by atoms with E-state index in [0.29, 0.717) is 21.8 Å². The molecule has 0 aromatic heterocycles. The van der Waals surface area contributed by atoms with Gasteiger partial charge in [-0.2, -0.15) is 0 Å². The van der Waals surface area contributed by atoms with Crippen molar-refractivity contribution in [2.45, 2.75) is 13.3 Å². The topological polar surface area (TPSA) is 90.0 Å². The summed E-state index contributed by atoms with van der Waals surface area (Å²) in [6.45, 7) is 1.65. The van der Waals surface area contributed by atoms with E-state index >= 15 is 0 Å².